The number of rotatable bonds is 6. The van der Waals surface area contributed by atoms with Gasteiger partial charge in [0.25, 0.3) is 0 Å². The number of fused-ring (bicyclic) bond motifs is 1. The van der Waals surface area contributed by atoms with Crippen molar-refractivity contribution in [2.24, 2.45) is 5.41 Å². The highest BCUT2D eigenvalue weighted by atomic mass is 19.1. The van der Waals surface area contributed by atoms with Gasteiger partial charge in [-0.25, -0.2) is 19.3 Å². The fourth-order valence-corrected chi connectivity index (χ4v) is 3.11. The van der Waals surface area contributed by atoms with Crippen LogP contribution in [0.2, 0.25) is 0 Å². The highest BCUT2D eigenvalue weighted by molar-refractivity contribution is 5.81. The van der Waals surface area contributed by atoms with Gasteiger partial charge in [0.15, 0.2) is 5.65 Å². The number of hydrogen-bond acceptors (Lipinski definition) is 6. The van der Waals surface area contributed by atoms with Gasteiger partial charge >= 0.3 is 5.97 Å². The second-order valence-electron chi connectivity index (χ2n) is 7.83. The summed E-state index contributed by atoms with van der Waals surface area (Å²) in [6.07, 6.45) is 5.07. The van der Waals surface area contributed by atoms with Gasteiger partial charge in [-0.05, 0) is 51.1 Å². The fourth-order valence-electron chi connectivity index (χ4n) is 3.11. The molecular formula is C22H21FN6O2. The molecule has 31 heavy (non-hydrogen) atoms. The van der Waals surface area contributed by atoms with E-state index < -0.39 is 11.4 Å². The number of nitrogens with one attached hydrogen (secondary N) is 1. The molecule has 0 amide bonds. The number of carbonyl (C=O) groups is 1. The highest BCUT2D eigenvalue weighted by Gasteiger charge is 2.27. The number of carboxylic acid groups (broad SMARTS) is 1. The molecule has 9 heteroatoms. The van der Waals surface area contributed by atoms with E-state index in [9.17, 15) is 14.3 Å². The molecule has 8 nitrogen and oxygen atoms in total. The van der Waals surface area contributed by atoms with E-state index in [1.807, 2.05) is 11.3 Å². The Morgan fingerprint density at radius 1 is 1.13 bits per heavy atom. The van der Waals surface area contributed by atoms with E-state index >= 15 is 0 Å². The Kier molecular flexibility index (Phi) is 5.10. The average molecular weight is 420 g/mol. The van der Waals surface area contributed by atoms with Crippen LogP contribution in [-0.4, -0.2) is 42.0 Å². The Bertz CT molecular complexity index is 1270. The van der Waals surface area contributed by atoms with E-state index in [1.54, 1.807) is 50.6 Å². The van der Waals surface area contributed by atoms with Crippen LogP contribution in [0.5, 0.6) is 0 Å². The van der Waals surface area contributed by atoms with Gasteiger partial charge < -0.3 is 10.4 Å². The zero-order valence-electron chi connectivity index (χ0n) is 17.3. The number of aliphatic carboxylic acids is 1. The zero-order chi connectivity index (χ0) is 22.2. The van der Waals surface area contributed by atoms with Gasteiger partial charge in [-0.15, -0.1) is 0 Å². The first-order valence-corrected chi connectivity index (χ1v) is 9.66. The molecule has 0 radical (unpaired) electrons. The van der Waals surface area contributed by atoms with Crippen molar-refractivity contribution in [2.45, 2.75) is 20.8 Å². The second kappa shape index (κ2) is 7.75. The summed E-state index contributed by atoms with van der Waals surface area (Å²) >= 11 is 0. The molecule has 3 aromatic heterocycles. The molecule has 4 aromatic rings. The predicted molar refractivity (Wildman–Crippen MR) is 114 cm³/mol. The first kappa shape index (κ1) is 20.4. The third kappa shape index (κ3) is 3.94. The van der Waals surface area contributed by atoms with Crippen LogP contribution >= 0.6 is 0 Å². The summed E-state index contributed by atoms with van der Waals surface area (Å²) in [7, 11) is 0. The van der Waals surface area contributed by atoms with Crippen molar-refractivity contribution in [2.75, 3.05) is 11.9 Å². The van der Waals surface area contributed by atoms with Gasteiger partial charge in [0, 0.05) is 30.7 Å². The van der Waals surface area contributed by atoms with Crippen molar-refractivity contribution < 1.29 is 14.3 Å². The van der Waals surface area contributed by atoms with E-state index in [4.69, 9.17) is 4.98 Å². The number of halogens is 1. The average Bonchev–Trinajstić information content (AvgIpc) is 3.14. The molecule has 0 unspecified atom stereocenters. The number of nitrogens with zero attached hydrogens (tertiary/aromatic N) is 5. The quantitative estimate of drug-likeness (QED) is 0.488. The van der Waals surface area contributed by atoms with Crippen molar-refractivity contribution in [1.82, 2.24) is 24.3 Å². The van der Waals surface area contributed by atoms with Gasteiger partial charge in [-0.3, -0.25) is 14.2 Å². The van der Waals surface area contributed by atoms with Crippen molar-refractivity contribution in [3.8, 4) is 22.6 Å². The highest BCUT2D eigenvalue weighted by Crippen LogP contribution is 2.32. The number of aryl methyl sites for hydroxylation is 1. The van der Waals surface area contributed by atoms with E-state index in [2.05, 4.69) is 20.3 Å². The minimum absolute atomic E-state index is 0.160. The van der Waals surface area contributed by atoms with Crippen LogP contribution < -0.4 is 5.32 Å². The molecule has 0 atom stereocenters. The normalized spacial score (nSPS) is 11.6. The summed E-state index contributed by atoms with van der Waals surface area (Å²) < 4.78 is 15.4. The van der Waals surface area contributed by atoms with Crippen LogP contribution in [0.25, 0.3) is 28.3 Å². The predicted octanol–water partition coefficient (Wildman–Crippen LogP) is 3.82. The Hall–Kier alpha value is -3.88. The molecule has 0 spiro atoms. The molecule has 3 heterocycles. The summed E-state index contributed by atoms with van der Waals surface area (Å²) in [5, 5.41) is 12.3. The Labute approximate surface area is 177 Å². The van der Waals surface area contributed by atoms with E-state index in [0.29, 0.717) is 28.7 Å². The molecule has 4 rings (SSSR count). The summed E-state index contributed by atoms with van der Waals surface area (Å²) in [6, 6.07) is 7.85. The molecule has 0 saturated carbocycles. The van der Waals surface area contributed by atoms with Crippen LogP contribution in [0.4, 0.5) is 10.3 Å². The topological polar surface area (TPSA) is 105 Å². The van der Waals surface area contributed by atoms with Crippen molar-refractivity contribution >= 4 is 17.6 Å². The van der Waals surface area contributed by atoms with Crippen LogP contribution in [0, 0.1) is 18.2 Å². The number of anilines is 1. The second-order valence-corrected chi connectivity index (χ2v) is 7.83. The summed E-state index contributed by atoms with van der Waals surface area (Å²) in [5.41, 5.74) is 3.08. The monoisotopic (exact) mass is 420 g/mol. The van der Waals surface area contributed by atoms with Gasteiger partial charge in [0.05, 0.1) is 28.2 Å². The van der Waals surface area contributed by atoms with Crippen molar-refractivity contribution in [3.05, 3.63) is 60.4 Å². The minimum Gasteiger partial charge on any atom is -0.481 e. The molecule has 0 saturated heterocycles. The number of carboxylic acids is 1. The molecule has 1 aromatic carbocycles. The van der Waals surface area contributed by atoms with Crippen molar-refractivity contribution in [1.29, 1.82) is 0 Å². The largest absolute Gasteiger partial charge is 0.481 e. The van der Waals surface area contributed by atoms with Crippen LogP contribution in [-0.2, 0) is 4.79 Å². The zero-order valence-corrected chi connectivity index (χ0v) is 17.3. The maximum absolute atomic E-state index is 13.5. The maximum Gasteiger partial charge on any atom is 0.310 e. The molecule has 0 fully saturated rings. The Balaban J connectivity index is 1.82. The number of benzene rings is 1. The number of hydrogen-bond donors (Lipinski definition) is 2. The third-order valence-electron chi connectivity index (χ3n) is 5.00. The lowest BCUT2D eigenvalue weighted by Crippen LogP contribution is -2.32. The first-order valence-electron chi connectivity index (χ1n) is 9.66. The molecule has 0 aliphatic carbocycles. The minimum atomic E-state index is -0.981. The lowest BCUT2D eigenvalue weighted by Gasteiger charge is -2.19. The van der Waals surface area contributed by atoms with E-state index in [1.165, 1.54) is 12.1 Å². The summed E-state index contributed by atoms with van der Waals surface area (Å²) in [6.45, 7) is 5.27. The Morgan fingerprint density at radius 3 is 2.58 bits per heavy atom. The number of aromatic nitrogens is 5. The Morgan fingerprint density at radius 2 is 1.87 bits per heavy atom. The standard InChI is InChI=1S/C22H21FN6O2/c1-13-19-28-17(14-4-6-15(23)7-5-14)18(29(19)11-10-24-13)16-8-9-25-21(27-16)26-12-22(2,3)20(30)31/h4-11H,12H2,1-3H3,(H,30,31)(H,25,26,27). The lowest BCUT2D eigenvalue weighted by molar-refractivity contribution is -0.146. The summed E-state index contributed by atoms with van der Waals surface area (Å²) in [5.74, 6) is -0.946. The first-order chi connectivity index (χ1) is 14.8. The van der Waals surface area contributed by atoms with Crippen molar-refractivity contribution in [3.63, 3.8) is 0 Å². The van der Waals surface area contributed by atoms with E-state index in [-0.39, 0.29) is 12.4 Å². The maximum atomic E-state index is 13.5. The SMILES string of the molecule is Cc1nccn2c(-c3ccnc(NCC(C)(C)C(=O)O)n3)c(-c3ccc(F)cc3)nc12. The molecule has 2 N–H and O–H groups in total. The summed E-state index contributed by atoms with van der Waals surface area (Å²) in [4.78, 5) is 29.2. The fraction of sp³-hybridized carbons (Fsp3) is 0.227. The molecule has 0 aliphatic rings. The van der Waals surface area contributed by atoms with Gasteiger partial charge in [0.2, 0.25) is 5.95 Å². The lowest BCUT2D eigenvalue weighted by atomic mass is 9.94. The molecule has 158 valence electrons. The van der Waals surface area contributed by atoms with Crippen LogP contribution in [0.15, 0.2) is 48.9 Å². The van der Waals surface area contributed by atoms with Crippen LogP contribution in [0.3, 0.4) is 0 Å². The van der Waals surface area contributed by atoms with Gasteiger partial charge in [-0.1, -0.05) is 0 Å². The smallest absolute Gasteiger partial charge is 0.310 e. The molecule has 0 aliphatic heterocycles. The molecular weight excluding hydrogens is 399 g/mol. The van der Waals surface area contributed by atoms with Crippen LogP contribution in [0.1, 0.15) is 19.5 Å². The molecule has 0 bridgehead atoms. The van der Waals surface area contributed by atoms with E-state index in [0.717, 1.165) is 11.3 Å². The van der Waals surface area contributed by atoms with Gasteiger partial charge in [-0.2, -0.15) is 0 Å². The third-order valence-corrected chi connectivity index (χ3v) is 5.00. The number of imidazole rings is 1. The van der Waals surface area contributed by atoms with Gasteiger partial charge in [0.1, 0.15) is 5.82 Å².